The van der Waals surface area contributed by atoms with E-state index in [1.54, 1.807) is 28.4 Å². The van der Waals surface area contributed by atoms with Crippen molar-refractivity contribution in [3.63, 3.8) is 0 Å². The van der Waals surface area contributed by atoms with E-state index >= 15 is 0 Å². The third kappa shape index (κ3) is 11.5. The quantitative estimate of drug-likeness (QED) is 0.0957. The molecule has 7 heteroatoms. The fourth-order valence-corrected chi connectivity index (χ4v) is 9.10. The Kier molecular flexibility index (Phi) is 19.7. The topological polar surface area (TPSA) is 57.2 Å². The Morgan fingerprint density at radius 2 is 1.11 bits per heavy atom. The Hall–Kier alpha value is -2.17. The Bertz CT molecular complexity index is 1220. The largest absolute Gasteiger partial charge is 0.504 e. The zero-order valence-corrected chi connectivity index (χ0v) is 31.2. The number of rotatable bonds is 11. The summed E-state index contributed by atoms with van der Waals surface area (Å²) in [5, 5.41) is 15.1. The molecule has 5 nitrogen and oxygen atoms in total. The van der Waals surface area contributed by atoms with E-state index in [4.69, 9.17) is 18.9 Å². The van der Waals surface area contributed by atoms with Crippen LogP contribution in [-0.2, 0) is 67.3 Å². The van der Waals surface area contributed by atoms with Gasteiger partial charge in [-0.3, -0.25) is 0 Å². The van der Waals surface area contributed by atoms with Gasteiger partial charge in [0.15, 0.2) is 5.75 Å². The minimum Gasteiger partial charge on any atom is -0.504 e. The molecule has 0 aliphatic heterocycles. The summed E-state index contributed by atoms with van der Waals surface area (Å²) in [5.74, 6) is 0.352. The summed E-state index contributed by atoms with van der Waals surface area (Å²) < 4.78 is 22.6. The Balaban J connectivity index is 0.000000922. The second-order valence-electron chi connectivity index (χ2n) is 12.2. The molecule has 0 unspecified atom stereocenters. The van der Waals surface area contributed by atoms with Crippen molar-refractivity contribution in [2.45, 2.75) is 84.7 Å². The molecule has 256 valence electrons. The van der Waals surface area contributed by atoms with Gasteiger partial charge in [0, 0.05) is 80.2 Å². The Morgan fingerprint density at radius 1 is 0.674 bits per heavy atom. The summed E-state index contributed by atoms with van der Waals surface area (Å²) in [6.45, 7) is 8.24. The van der Waals surface area contributed by atoms with E-state index in [9.17, 15) is 5.11 Å². The fraction of sp³-hybridized carbons (Fsp3) is 0.436. The number of methoxy groups -OCH3 is 4. The van der Waals surface area contributed by atoms with E-state index in [0.717, 1.165) is 33.1 Å². The number of phenols is 1. The first-order chi connectivity index (χ1) is 21.3. The number of hydrogen-bond acceptors (Lipinski definition) is 5. The summed E-state index contributed by atoms with van der Waals surface area (Å²) in [6, 6.07) is 18.7. The van der Waals surface area contributed by atoms with E-state index in [0.29, 0.717) is 32.2 Å². The van der Waals surface area contributed by atoms with Crippen LogP contribution in [0.5, 0.6) is 5.75 Å². The van der Waals surface area contributed by atoms with E-state index in [1.165, 1.54) is 42.7 Å². The first kappa shape index (κ1) is 41.9. The van der Waals surface area contributed by atoms with Crippen molar-refractivity contribution >= 4 is 23.8 Å². The van der Waals surface area contributed by atoms with Crippen LogP contribution < -0.4 is 15.9 Å². The molecule has 3 aromatic carbocycles. The number of benzene rings is 3. The SMILES string of the molecule is C1=C\CCC[CH-]CC/1.COCc1cccc(COC)c1[PH+](c1cccc(C(C)(C)C)c1O)c1c(COC)cccc1COC.[CH3+].[Ni]. The van der Waals surface area contributed by atoms with Crippen molar-refractivity contribution in [2.75, 3.05) is 28.4 Å². The molecule has 0 saturated carbocycles. The summed E-state index contributed by atoms with van der Waals surface area (Å²) in [7, 11) is 5.09. The van der Waals surface area contributed by atoms with Gasteiger partial charge in [-0.05, 0) is 17.9 Å². The Labute approximate surface area is 290 Å². The van der Waals surface area contributed by atoms with Crippen LogP contribution in [0.1, 0.15) is 80.7 Å². The Morgan fingerprint density at radius 3 is 1.54 bits per heavy atom. The molecule has 46 heavy (non-hydrogen) atoms. The number of phenolic OH excluding ortho intramolecular Hbond substituents is 1. The van der Waals surface area contributed by atoms with E-state index in [-0.39, 0.29) is 29.3 Å². The van der Waals surface area contributed by atoms with Crippen molar-refractivity contribution in [2.24, 2.45) is 0 Å². The second-order valence-corrected chi connectivity index (χ2v) is 14.5. The number of allylic oxidation sites excluding steroid dienone is 2. The number of hydrogen-bond donors (Lipinski definition) is 1. The molecule has 0 heterocycles. The van der Waals surface area contributed by atoms with Crippen LogP contribution >= 0.6 is 7.92 Å². The van der Waals surface area contributed by atoms with E-state index in [1.807, 2.05) is 18.2 Å². The normalized spacial score (nSPS) is 13.8. The molecule has 1 aliphatic rings. The van der Waals surface area contributed by atoms with Gasteiger partial charge in [0.05, 0.1) is 26.4 Å². The van der Waals surface area contributed by atoms with Gasteiger partial charge in [-0.25, -0.2) is 0 Å². The summed E-state index contributed by atoms with van der Waals surface area (Å²) in [4.78, 5) is 0. The number of para-hydroxylation sites is 1. The molecule has 1 N–H and O–H groups in total. The standard InChI is InChI=1S/C30H39O5P.C8H13.CH3.Ni/c1-30(2,3)25-15-10-16-26(27(25)31)36(28-21(17-32-4)11-8-12-22(28)18-33-5)29-23(19-34-6)13-9-14-24(29)20-35-7;1-2-4-6-8-7-5-3-1;;/h8-16,31H,17-20H2,1-7H3;1-2,7H,3-6,8H2;1H3;/q;-1;+1;/p+1/b;2-1-;;. The van der Waals surface area contributed by atoms with E-state index in [2.05, 4.69) is 75.7 Å². The average molecular weight is 695 g/mol. The molecular formula is C39H56NiO5P+. The van der Waals surface area contributed by atoms with Crippen LogP contribution in [0, 0.1) is 13.8 Å². The zero-order valence-electron chi connectivity index (χ0n) is 29.2. The maximum atomic E-state index is 11.8. The minimum atomic E-state index is -1.77. The average Bonchev–Trinajstić information content (AvgIpc) is 2.96. The number of ether oxygens (including phenoxy) is 4. The fourth-order valence-electron chi connectivity index (χ4n) is 5.77. The van der Waals surface area contributed by atoms with Crippen molar-refractivity contribution in [3.05, 3.63) is 108 Å². The molecular weight excluding hydrogens is 638 g/mol. The maximum Gasteiger partial charge on any atom is 0.162 e. The van der Waals surface area contributed by atoms with Crippen LogP contribution in [-0.4, -0.2) is 33.5 Å². The molecule has 0 bridgehead atoms. The molecule has 0 saturated heterocycles. The van der Waals surface area contributed by atoms with Crippen LogP contribution in [0.15, 0.2) is 66.7 Å². The van der Waals surface area contributed by atoms with Crippen molar-refractivity contribution in [1.82, 2.24) is 0 Å². The van der Waals surface area contributed by atoms with Crippen molar-refractivity contribution in [1.29, 1.82) is 0 Å². The third-order valence-electron chi connectivity index (χ3n) is 7.77. The van der Waals surface area contributed by atoms with E-state index < -0.39 is 7.92 Å². The van der Waals surface area contributed by atoms with Gasteiger partial charge in [0.25, 0.3) is 0 Å². The summed E-state index contributed by atoms with van der Waals surface area (Å²) >= 11 is 0. The van der Waals surface area contributed by atoms with Crippen LogP contribution in [0.25, 0.3) is 0 Å². The number of aromatic hydroxyl groups is 1. The first-order valence-corrected chi connectivity index (χ1v) is 17.1. The third-order valence-corrected chi connectivity index (χ3v) is 11.0. The molecule has 1 aliphatic carbocycles. The monoisotopic (exact) mass is 693 g/mol. The summed E-state index contributed by atoms with van der Waals surface area (Å²) in [5.41, 5.74) is 5.09. The van der Waals surface area contributed by atoms with Crippen LogP contribution in [0.3, 0.4) is 0 Å². The van der Waals surface area contributed by atoms with Crippen molar-refractivity contribution in [3.8, 4) is 5.75 Å². The maximum absolute atomic E-state index is 11.8. The molecule has 0 atom stereocenters. The second kappa shape index (κ2) is 21.7. The van der Waals surface area contributed by atoms with Crippen LogP contribution in [0.2, 0.25) is 0 Å². The van der Waals surface area contributed by atoms with Gasteiger partial charge < -0.3 is 30.5 Å². The molecule has 0 amide bonds. The van der Waals surface area contributed by atoms with Gasteiger partial charge in [0.1, 0.15) is 23.8 Å². The molecule has 0 spiro atoms. The molecule has 0 radical (unpaired) electrons. The molecule has 0 aromatic heterocycles. The molecule has 4 rings (SSSR count). The molecule has 3 aromatic rings. The van der Waals surface area contributed by atoms with Gasteiger partial charge in [-0.2, -0.15) is 12.8 Å². The molecule has 0 fully saturated rings. The van der Waals surface area contributed by atoms with Gasteiger partial charge >= 0.3 is 0 Å². The minimum absolute atomic E-state index is 0. The smallest absolute Gasteiger partial charge is 0.162 e. The van der Waals surface area contributed by atoms with Gasteiger partial charge in [-0.15, -0.1) is 0 Å². The first-order valence-electron chi connectivity index (χ1n) is 15.6. The predicted molar refractivity (Wildman–Crippen MR) is 193 cm³/mol. The zero-order chi connectivity index (χ0) is 32.0. The van der Waals surface area contributed by atoms with Crippen LogP contribution in [0.4, 0.5) is 0 Å². The summed E-state index contributed by atoms with van der Waals surface area (Å²) in [6.07, 6.45) is 13.5. The van der Waals surface area contributed by atoms with Gasteiger partial charge in [0.2, 0.25) is 0 Å². The van der Waals surface area contributed by atoms with Gasteiger partial charge in [-0.1, -0.05) is 94.3 Å². The predicted octanol–water partition coefficient (Wildman–Crippen LogP) is 7.92. The van der Waals surface area contributed by atoms with Crippen molar-refractivity contribution < 1.29 is 40.5 Å².